The summed E-state index contributed by atoms with van der Waals surface area (Å²) in [5.74, 6) is -1.48. The lowest BCUT2D eigenvalue weighted by Crippen LogP contribution is -2.40. The number of rotatable bonds is 8. The molecule has 1 aromatic heterocycles. The van der Waals surface area contributed by atoms with Crippen LogP contribution in [0.5, 0.6) is 0 Å². The zero-order valence-corrected chi connectivity index (χ0v) is 11.8. The number of unbranched alkanes of at least 4 members (excludes halogenated alkanes) is 1. The number of amides is 1. The molecule has 2 N–H and O–H groups in total. The van der Waals surface area contributed by atoms with Gasteiger partial charge >= 0.3 is 5.97 Å². The molecule has 0 saturated carbocycles. The first-order chi connectivity index (χ1) is 9.08. The molecule has 0 saturated heterocycles. The summed E-state index contributed by atoms with van der Waals surface area (Å²) in [5, 5.41) is 13.8. The molecule has 1 rings (SSSR count). The number of carbonyl (C=O) groups excluding carboxylic acids is 1. The molecule has 0 aliphatic rings. The van der Waals surface area contributed by atoms with Crippen molar-refractivity contribution in [2.45, 2.75) is 38.8 Å². The number of thiazole rings is 1. The van der Waals surface area contributed by atoms with Crippen molar-refractivity contribution in [2.24, 2.45) is 0 Å². The molecular formula is C12H18N2O4S. The largest absolute Gasteiger partial charge is 0.480 e. The number of carbonyl (C=O) groups is 2. The molecule has 0 aliphatic carbocycles. The second kappa shape index (κ2) is 7.85. The van der Waals surface area contributed by atoms with E-state index in [1.165, 1.54) is 11.3 Å². The highest BCUT2D eigenvalue weighted by Gasteiger charge is 2.21. The molecule has 0 aliphatic heterocycles. The summed E-state index contributed by atoms with van der Waals surface area (Å²) in [6.07, 6.45) is 2.06. The molecule has 7 heteroatoms. The van der Waals surface area contributed by atoms with Crippen molar-refractivity contribution in [3.63, 3.8) is 0 Å². The van der Waals surface area contributed by atoms with Gasteiger partial charge in [0, 0.05) is 12.5 Å². The van der Waals surface area contributed by atoms with Crippen LogP contribution in [0.15, 0.2) is 5.38 Å². The van der Waals surface area contributed by atoms with Crippen LogP contribution in [-0.4, -0.2) is 35.1 Å². The highest BCUT2D eigenvalue weighted by atomic mass is 32.1. The van der Waals surface area contributed by atoms with E-state index in [0.717, 1.165) is 12.8 Å². The molecular weight excluding hydrogens is 268 g/mol. The van der Waals surface area contributed by atoms with E-state index in [1.807, 2.05) is 6.92 Å². The Morgan fingerprint density at radius 1 is 1.58 bits per heavy atom. The molecule has 106 valence electrons. The number of nitrogens with one attached hydrogen (secondary N) is 1. The summed E-state index contributed by atoms with van der Waals surface area (Å²) in [6, 6.07) is -0.861. The van der Waals surface area contributed by atoms with Gasteiger partial charge in [0.1, 0.15) is 16.7 Å². The van der Waals surface area contributed by atoms with Gasteiger partial charge in [0.05, 0.1) is 6.61 Å². The number of carboxylic acid groups (broad SMARTS) is 1. The first-order valence-corrected chi connectivity index (χ1v) is 6.93. The fourth-order valence-electron chi connectivity index (χ4n) is 1.50. The summed E-state index contributed by atoms with van der Waals surface area (Å²) in [6.45, 7) is 2.31. The van der Waals surface area contributed by atoms with Gasteiger partial charge in [0.25, 0.3) is 5.91 Å². The maximum absolute atomic E-state index is 11.9. The van der Waals surface area contributed by atoms with Gasteiger partial charge < -0.3 is 15.2 Å². The predicted octanol–water partition coefficient (Wildman–Crippen LogP) is 1.66. The molecule has 1 atom stereocenters. The second-order valence-electron chi connectivity index (χ2n) is 4.07. The molecule has 1 aromatic rings. The Kier molecular flexibility index (Phi) is 6.44. The molecule has 0 radical (unpaired) electrons. The SMILES string of the molecule is CCCC[C@H](NC(=O)c1csc(COC)n1)C(=O)O. The minimum Gasteiger partial charge on any atom is -0.480 e. The van der Waals surface area contributed by atoms with E-state index < -0.39 is 17.9 Å². The molecule has 1 heterocycles. The normalized spacial score (nSPS) is 12.1. The van der Waals surface area contributed by atoms with Crippen molar-refractivity contribution in [1.82, 2.24) is 10.3 Å². The van der Waals surface area contributed by atoms with E-state index in [0.29, 0.717) is 18.0 Å². The molecule has 0 spiro atoms. The molecule has 6 nitrogen and oxygen atoms in total. The summed E-state index contributed by atoms with van der Waals surface area (Å²) < 4.78 is 4.92. The van der Waals surface area contributed by atoms with Crippen LogP contribution in [0, 0.1) is 0 Å². The maximum atomic E-state index is 11.9. The number of methoxy groups -OCH3 is 1. The topological polar surface area (TPSA) is 88.5 Å². The van der Waals surface area contributed by atoms with Gasteiger partial charge in [-0.1, -0.05) is 19.8 Å². The third-order valence-corrected chi connectivity index (χ3v) is 3.32. The lowest BCUT2D eigenvalue weighted by Gasteiger charge is -2.12. The lowest BCUT2D eigenvalue weighted by atomic mass is 10.1. The summed E-state index contributed by atoms with van der Waals surface area (Å²) in [7, 11) is 1.55. The van der Waals surface area contributed by atoms with Gasteiger partial charge in [0.2, 0.25) is 0 Å². The zero-order valence-electron chi connectivity index (χ0n) is 11.0. The average Bonchev–Trinajstić information content (AvgIpc) is 2.83. The molecule has 0 bridgehead atoms. The number of carboxylic acids is 1. The molecule has 1 amide bonds. The zero-order chi connectivity index (χ0) is 14.3. The maximum Gasteiger partial charge on any atom is 0.326 e. The number of aliphatic carboxylic acids is 1. The Hall–Kier alpha value is -1.47. The Labute approximate surface area is 115 Å². The molecule has 0 fully saturated rings. The van der Waals surface area contributed by atoms with Crippen molar-refractivity contribution >= 4 is 23.2 Å². The van der Waals surface area contributed by atoms with Crippen LogP contribution in [0.1, 0.15) is 41.7 Å². The van der Waals surface area contributed by atoms with E-state index in [2.05, 4.69) is 10.3 Å². The van der Waals surface area contributed by atoms with E-state index in [4.69, 9.17) is 9.84 Å². The Morgan fingerprint density at radius 3 is 2.89 bits per heavy atom. The average molecular weight is 286 g/mol. The minimum atomic E-state index is -1.02. The number of nitrogens with zero attached hydrogens (tertiary/aromatic N) is 1. The number of ether oxygens (including phenoxy) is 1. The summed E-state index contributed by atoms with van der Waals surface area (Å²) in [4.78, 5) is 27.0. The van der Waals surface area contributed by atoms with Crippen LogP contribution in [0.4, 0.5) is 0 Å². The summed E-state index contributed by atoms with van der Waals surface area (Å²) in [5.41, 5.74) is 0.236. The van der Waals surface area contributed by atoms with Crippen LogP contribution in [0.25, 0.3) is 0 Å². The van der Waals surface area contributed by atoms with Crippen molar-refractivity contribution in [3.05, 3.63) is 16.1 Å². The third kappa shape index (κ3) is 4.96. The van der Waals surface area contributed by atoms with E-state index in [-0.39, 0.29) is 5.69 Å². The van der Waals surface area contributed by atoms with Gasteiger partial charge in [-0.3, -0.25) is 4.79 Å². The van der Waals surface area contributed by atoms with Gasteiger partial charge in [0.15, 0.2) is 0 Å². The van der Waals surface area contributed by atoms with Gasteiger partial charge in [-0.2, -0.15) is 0 Å². The molecule has 0 unspecified atom stereocenters. The van der Waals surface area contributed by atoms with Gasteiger partial charge in [-0.15, -0.1) is 11.3 Å². The molecule has 19 heavy (non-hydrogen) atoms. The number of hydrogen-bond acceptors (Lipinski definition) is 5. The van der Waals surface area contributed by atoms with Crippen LogP contribution < -0.4 is 5.32 Å². The predicted molar refractivity (Wildman–Crippen MR) is 71.2 cm³/mol. The van der Waals surface area contributed by atoms with Crippen LogP contribution in [0.2, 0.25) is 0 Å². The van der Waals surface area contributed by atoms with Crippen LogP contribution >= 0.6 is 11.3 Å². The minimum absolute atomic E-state index is 0.236. The van der Waals surface area contributed by atoms with Crippen molar-refractivity contribution in [2.75, 3.05) is 7.11 Å². The number of hydrogen-bond donors (Lipinski definition) is 2. The van der Waals surface area contributed by atoms with E-state index >= 15 is 0 Å². The highest BCUT2D eigenvalue weighted by molar-refractivity contribution is 7.09. The Bertz CT molecular complexity index is 433. The molecule has 0 aromatic carbocycles. The van der Waals surface area contributed by atoms with E-state index in [9.17, 15) is 9.59 Å². The monoisotopic (exact) mass is 286 g/mol. The van der Waals surface area contributed by atoms with Gasteiger partial charge in [-0.05, 0) is 6.42 Å². The quantitative estimate of drug-likeness (QED) is 0.758. The highest BCUT2D eigenvalue weighted by Crippen LogP contribution is 2.11. The smallest absolute Gasteiger partial charge is 0.326 e. The standard InChI is InChI=1S/C12H18N2O4S/c1-3-4-5-8(12(16)17)14-11(15)9-7-19-10(13-9)6-18-2/h7-8H,3-6H2,1-2H3,(H,14,15)(H,16,17)/t8-/m0/s1. The van der Waals surface area contributed by atoms with Crippen LogP contribution in [0.3, 0.4) is 0 Å². The second-order valence-corrected chi connectivity index (χ2v) is 5.01. The number of aromatic nitrogens is 1. The fourth-order valence-corrected chi connectivity index (χ4v) is 2.25. The van der Waals surface area contributed by atoms with Crippen molar-refractivity contribution in [3.8, 4) is 0 Å². The third-order valence-electron chi connectivity index (χ3n) is 2.50. The fraction of sp³-hybridized carbons (Fsp3) is 0.583. The summed E-state index contributed by atoms with van der Waals surface area (Å²) >= 11 is 1.31. The first-order valence-electron chi connectivity index (χ1n) is 6.05. The lowest BCUT2D eigenvalue weighted by molar-refractivity contribution is -0.139. The van der Waals surface area contributed by atoms with Crippen LogP contribution in [-0.2, 0) is 16.1 Å². The van der Waals surface area contributed by atoms with E-state index in [1.54, 1.807) is 12.5 Å². The Morgan fingerprint density at radius 2 is 2.32 bits per heavy atom. The first kappa shape index (κ1) is 15.6. The van der Waals surface area contributed by atoms with Crippen molar-refractivity contribution in [1.29, 1.82) is 0 Å². The Balaban J connectivity index is 2.62. The van der Waals surface area contributed by atoms with Gasteiger partial charge in [-0.25, -0.2) is 9.78 Å². The van der Waals surface area contributed by atoms with Crippen molar-refractivity contribution < 1.29 is 19.4 Å².